The Morgan fingerprint density at radius 3 is 2.78 bits per heavy atom. The van der Waals surface area contributed by atoms with Gasteiger partial charge in [0.2, 0.25) is 0 Å². The summed E-state index contributed by atoms with van der Waals surface area (Å²) < 4.78 is 13.4. The number of fused-ring (bicyclic) bond motifs is 1. The Morgan fingerprint density at radius 2 is 2.06 bits per heavy atom. The van der Waals surface area contributed by atoms with Crippen molar-refractivity contribution in [3.8, 4) is 11.4 Å². The third-order valence-electron chi connectivity index (χ3n) is 2.74. The van der Waals surface area contributed by atoms with E-state index in [1.54, 1.807) is 12.1 Å². The number of rotatable bonds is 1. The maximum atomic E-state index is 13.4. The molecule has 0 fully saturated rings. The minimum absolute atomic E-state index is 0.0920. The summed E-state index contributed by atoms with van der Waals surface area (Å²) in [4.78, 5) is 7.46. The van der Waals surface area contributed by atoms with Crippen LogP contribution in [0, 0.1) is 5.82 Å². The summed E-state index contributed by atoms with van der Waals surface area (Å²) in [5.74, 6) is 0.0982. The molecule has 0 atom stereocenters. The molecule has 0 aliphatic rings. The molecule has 5 heteroatoms. The minimum atomic E-state index is -0.470. The van der Waals surface area contributed by atoms with Gasteiger partial charge in [0.15, 0.2) is 0 Å². The molecule has 0 unspecified atom stereocenters. The largest absolute Gasteiger partial charge is 0.397 e. The maximum Gasteiger partial charge on any atom is 0.142 e. The molecule has 18 heavy (non-hydrogen) atoms. The van der Waals surface area contributed by atoms with Crippen molar-refractivity contribution in [1.82, 2.24) is 9.97 Å². The molecular weight excluding hydrogens is 253 g/mol. The van der Waals surface area contributed by atoms with Gasteiger partial charge in [-0.3, -0.25) is 0 Å². The highest BCUT2D eigenvalue weighted by atomic mass is 35.5. The molecule has 3 rings (SSSR count). The molecule has 0 spiro atoms. The summed E-state index contributed by atoms with van der Waals surface area (Å²) >= 11 is 5.65. The number of nitrogen functional groups attached to an aromatic ring is 1. The highest BCUT2D eigenvalue weighted by Gasteiger charge is 2.09. The van der Waals surface area contributed by atoms with Gasteiger partial charge in [0.05, 0.1) is 16.2 Å². The minimum Gasteiger partial charge on any atom is -0.397 e. The molecule has 0 radical (unpaired) electrons. The third kappa shape index (κ3) is 1.71. The first-order valence-corrected chi connectivity index (χ1v) is 5.72. The number of hydrogen-bond donors (Lipinski definition) is 2. The number of benzene rings is 2. The molecule has 0 aliphatic carbocycles. The maximum absolute atomic E-state index is 13.4. The van der Waals surface area contributed by atoms with Crippen LogP contribution in [0.5, 0.6) is 0 Å². The lowest BCUT2D eigenvalue weighted by atomic mass is 10.2. The SMILES string of the molecule is Nc1cccc2[nH]c(-c3ccc(Cl)c(F)c3)nc12. The van der Waals surface area contributed by atoms with Crippen LogP contribution in [-0.4, -0.2) is 9.97 Å². The smallest absolute Gasteiger partial charge is 0.142 e. The number of H-pyrrole nitrogens is 1. The molecule has 0 saturated heterocycles. The zero-order chi connectivity index (χ0) is 12.7. The van der Waals surface area contributed by atoms with Crippen LogP contribution >= 0.6 is 11.6 Å². The second-order valence-electron chi connectivity index (χ2n) is 3.96. The Morgan fingerprint density at radius 1 is 1.22 bits per heavy atom. The van der Waals surface area contributed by atoms with Crippen molar-refractivity contribution in [1.29, 1.82) is 0 Å². The van der Waals surface area contributed by atoms with Crippen LogP contribution in [0.1, 0.15) is 0 Å². The molecule has 3 aromatic rings. The van der Waals surface area contributed by atoms with E-state index in [1.807, 2.05) is 12.1 Å². The Bertz CT molecular complexity index is 736. The molecule has 1 heterocycles. The molecule has 3 nitrogen and oxygen atoms in total. The number of aromatic nitrogens is 2. The second kappa shape index (κ2) is 3.99. The number of anilines is 1. The summed E-state index contributed by atoms with van der Waals surface area (Å²) in [5, 5.41) is 0.0920. The van der Waals surface area contributed by atoms with Crippen molar-refractivity contribution in [2.45, 2.75) is 0 Å². The van der Waals surface area contributed by atoms with E-state index >= 15 is 0 Å². The number of hydrogen-bond acceptors (Lipinski definition) is 2. The first-order chi connectivity index (χ1) is 8.65. The molecule has 1 aromatic heterocycles. The quantitative estimate of drug-likeness (QED) is 0.658. The number of nitrogens with two attached hydrogens (primary N) is 1. The van der Waals surface area contributed by atoms with Crippen molar-refractivity contribution >= 4 is 28.3 Å². The Labute approximate surface area is 107 Å². The lowest BCUT2D eigenvalue weighted by Gasteiger charge is -1.98. The van der Waals surface area contributed by atoms with Crippen LogP contribution < -0.4 is 5.73 Å². The first kappa shape index (κ1) is 11.0. The second-order valence-corrected chi connectivity index (χ2v) is 4.36. The van der Waals surface area contributed by atoms with Gasteiger partial charge < -0.3 is 10.7 Å². The van der Waals surface area contributed by atoms with E-state index in [-0.39, 0.29) is 5.02 Å². The van der Waals surface area contributed by atoms with Gasteiger partial charge >= 0.3 is 0 Å². The van der Waals surface area contributed by atoms with Gasteiger partial charge in [0.1, 0.15) is 17.2 Å². The third-order valence-corrected chi connectivity index (χ3v) is 3.04. The van der Waals surface area contributed by atoms with Gasteiger partial charge in [0.25, 0.3) is 0 Å². The monoisotopic (exact) mass is 261 g/mol. The number of imidazole rings is 1. The number of para-hydroxylation sites is 1. The van der Waals surface area contributed by atoms with Gasteiger partial charge in [-0.05, 0) is 30.3 Å². The number of halogens is 2. The van der Waals surface area contributed by atoms with Gasteiger partial charge in [-0.25, -0.2) is 9.37 Å². The van der Waals surface area contributed by atoms with Crippen LogP contribution in [0.2, 0.25) is 5.02 Å². The topological polar surface area (TPSA) is 54.7 Å². The Kier molecular flexibility index (Phi) is 2.45. The van der Waals surface area contributed by atoms with E-state index in [1.165, 1.54) is 12.1 Å². The van der Waals surface area contributed by atoms with Crippen LogP contribution in [0.3, 0.4) is 0 Å². The van der Waals surface area contributed by atoms with Crippen LogP contribution in [0.25, 0.3) is 22.4 Å². The van der Waals surface area contributed by atoms with Crippen LogP contribution in [-0.2, 0) is 0 Å². The zero-order valence-corrected chi connectivity index (χ0v) is 10.0. The van der Waals surface area contributed by atoms with Crippen LogP contribution in [0.15, 0.2) is 36.4 Å². The first-order valence-electron chi connectivity index (χ1n) is 5.35. The highest BCUT2D eigenvalue weighted by Crippen LogP contribution is 2.26. The van der Waals surface area contributed by atoms with E-state index in [0.29, 0.717) is 22.6 Å². The summed E-state index contributed by atoms with van der Waals surface area (Å²) in [6.07, 6.45) is 0. The summed E-state index contributed by atoms with van der Waals surface area (Å²) in [6, 6.07) is 10.0. The molecule has 3 N–H and O–H groups in total. The predicted molar refractivity (Wildman–Crippen MR) is 70.9 cm³/mol. The number of nitrogens with one attached hydrogen (secondary N) is 1. The highest BCUT2D eigenvalue weighted by molar-refractivity contribution is 6.30. The average Bonchev–Trinajstić information content (AvgIpc) is 2.78. The van der Waals surface area contributed by atoms with Crippen molar-refractivity contribution in [2.75, 3.05) is 5.73 Å². The lowest BCUT2D eigenvalue weighted by Crippen LogP contribution is -1.85. The molecule has 2 aromatic carbocycles. The average molecular weight is 262 g/mol. The summed E-state index contributed by atoms with van der Waals surface area (Å²) in [7, 11) is 0. The van der Waals surface area contributed by atoms with E-state index < -0.39 is 5.82 Å². The fraction of sp³-hybridized carbons (Fsp3) is 0. The standard InChI is InChI=1S/C13H9ClFN3/c14-8-5-4-7(6-9(8)15)13-17-11-3-1-2-10(16)12(11)18-13/h1-6H,16H2,(H,17,18). The normalized spacial score (nSPS) is 11.0. The van der Waals surface area contributed by atoms with Gasteiger partial charge in [-0.1, -0.05) is 17.7 Å². The fourth-order valence-corrected chi connectivity index (χ4v) is 1.95. The van der Waals surface area contributed by atoms with Crippen LogP contribution in [0.4, 0.5) is 10.1 Å². The summed E-state index contributed by atoms with van der Waals surface area (Å²) in [5.41, 5.74) is 8.55. The molecule has 0 amide bonds. The fourth-order valence-electron chi connectivity index (χ4n) is 1.83. The Hall–Kier alpha value is -2.07. The van der Waals surface area contributed by atoms with E-state index in [2.05, 4.69) is 9.97 Å². The number of nitrogens with zero attached hydrogens (tertiary/aromatic N) is 1. The molecule has 0 aliphatic heterocycles. The number of aromatic amines is 1. The van der Waals surface area contributed by atoms with E-state index in [4.69, 9.17) is 17.3 Å². The van der Waals surface area contributed by atoms with Crippen molar-refractivity contribution in [2.24, 2.45) is 0 Å². The van der Waals surface area contributed by atoms with Gasteiger partial charge in [-0.2, -0.15) is 0 Å². The predicted octanol–water partition coefficient (Wildman–Crippen LogP) is 3.60. The van der Waals surface area contributed by atoms with Gasteiger partial charge in [-0.15, -0.1) is 0 Å². The van der Waals surface area contributed by atoms with Crippen molar-refractivity contribution in [3.63, 3.8) is 0 Å². The van der Waals surface area contributed by atoms with Crippen molar-refractivity contribution in [3.05, 3.63) is 47.2 Å². The Balaban J connectivity index is 2.19. The van der Waals surface area contributed by atoms with E-state index in [9.17, 15) is 4.39 Å². The summed E-state index contributed by atoms with van der Waals surface area (Å²) in [6.45, 7) is 0. The van der Waals surface area contributed by atoms with Gasteiger partial charge in [0, 0.05) is 5.56 Å². The lowest BCUT2D eigenvalue weighted by molar-refractivity contribution is 0.628. The van der Waals surface area contributed by atoms with E-state index in [0.717, 1.165) is 5.52 Å². The van der Waals surface area contributed by atoms with Crippen molar-refractivity contribution < 1.29 is 4.39 Å². The molecule has 90 valence electrons. The zero-order valence-electron chi connectivity index (χ0n) is 9.24. The molecule has 0 bridgehead atoms. The molecule has 0 saturated carbocycles. The molecular formula is C13H9ClFN3.